The number of rotatable bonds is 4. The molecule has 20 heavy (non-hydrogen) atoms. The summed E-state index contributed by atoms with van der Waals surface area (Å²) < 4.78 is 24.3. The number of halogens is 1. The molecule has 0 saturated heterocycles. The van der Waals surface area contributed by atoms with Crippen LogP contribution in [0, 0.1) is 12.7 Å². The molecule has 0 heterocycles. The van der Waals surface area contributed by atoms with Gasteiger partial charge < -0.3 is 9.47 Å². The fraction of sp³-hybridized carbons (Fsp3) is 0.188. The minimum absolute atomic E-state index is 0.0415. The van der Waals surface area contributed by atoms with Crippen molar-refractivity contribution in [2.75, 3.05) is 7.11 Å². The highest BCUT2D eigenvalue weighted by Gasteiger charge is 2.19. The summed E-state index contributed by atoms with van der Waals surface area (Å²) in [6, 6.07) is 12.6. The summed E-state index contributed by atoms with van der Waals surface area (Å²) in [5.74, 6) is -1.35. The zero-order chi connectivity index (χ0) is 14.5. The van der Waals surface area contributed by atoms with E-state index in [0.717, 1.165) is 5.56 Å². The second-order valence-electron chi connectivity index (χ2n) is 4.34. The number of ether oxygens (including phenoxy) is 2. The Morgan fingerprint density at radius 3 is 2.50 bits per heavy atom. The van der Waals surface area contributed by atoms with E-state index in [1.54, 1.807) is 13.0 Å². The third-order valence-corrected chi connectivity index (χ3v) is 2.94. The topological polar surface area (TPSA) is 35.5 Å². The van der Waals surface area contributed by atoms with Gasteiger partial charge >= 0.3 is 5.97 Å². The van der Waals surface area contributed by atoms with Gasteiger partial charge in [-0.1, -0.05) is 36.4 Å². The van der Waals surface area contributed by atoms with Crippen LogP contribution in [0.1, 0.15) is 21.5 Å². The van der Waals surface area contributed by atoms with Crippen molar-refractivity contribution >= 4 is 5.97 Å². The predicted molar refractivity (Wildman–Crippen MR) is 73.3 cm³/mol. The summed E-state index contributed by atoms with van der Waals surface area (Å²) in [5, 5.41) is 0. The minimum atomic E-state index is -0.704. The van der Waals surface area contributed by atoms with Gasteiger partial charge in [-0.05, 0) is 24.1 Å². The Balaban J connectivity index is 2.23. The van der Waals surface area contributed by atoms with Crippen LogP contribution in [-0.2, 0) is 11.3 Å². The fourth-order valence-electron chi connectivity index (χ4n) is 1.85. The number of benzene rings is 2. The normalized spacial score (nSPS) is 10.2. The van der Waals surface area contributed by atoms with Gasteiger partial charge in [0, 0.05) is 0 Å². The Labute approximate surface area is 117 Å². The van der Waals surface area contributed by atoms with Gasteiger partial charge in [0.05, 0.1) is 7.11 Å². The largest absolute Gasteiger partial charge is 0.486 e. The maximum atomic E-state index is 14.2. The van der Waals surface area contributed by atoms with Crippen LogP contribution in [-0.4, -0.2) is 13.1 Å². The predicted octanol–water partition coefficient (Wildman–Crippen LogP) is 3.50. The average molecular weight is 274 g/mol. The zero-order valence-electron chi connectivity index (χ0n) is 11.4. The van der Waals surface area contributed by atoms with Crippen LogP contribution in [0.2, 0.25) is 0 Å². The molecule has 2 aromatic rings. The van der Waals surface area contributed by atoms with E-state index < -0.39 is 11.8 Å². The van der Waals surface area contributed by atoms with Crippen molar-refractivity contribution in [3.05, 3.63) is 65.0 Å². The highest BCUT2D eigenvalue weighted by atomic mass is 19.1. The number of methoxy groups -OCH3 is 1. The number of carbonyl (C=O) groups is 1. The van der Waals surface area contributed by atoms with E-state index in [4.69, 9.17) is 4.74 Å². The van der Waals surface area contributed by atoms with Crippen molar-refractivity contribution in [1.29, 1.82) is 0 Å². The molecule has 0 bridgehead atoms. The average Bonchev–Trinajstić information content (AvgIpc) is 2.47. The summed E-state index contributed by atoms with van der Waals surface area (Å²) in [6.07, 6.45) is 0. The lowest BCUT2D eigenvalue weighted by molar-refractivity contribution is 0.0593. The van der Waals surface area contributed by atoms with E-state index in [-0.39, 0.29) is 17.9 Å². The summed E-state index contributed by atoms with van der Waals surface area (Å²) in [4.78, 5) is 11.6. The van der Waals surface area contributed by atoms with Crippen LogP contribution in [0.5, 0.6) is 5.75 Å². The van der Waals surface area contributed by atoms with Gasteiger partial charge in [-0.25, -0.2) is 9.18 Å². The van der Waals surface area contributed by atoms with Gasteiger partial charge in [0.2, 0.25) is 0 Å². The Bertz CT molecular complexity index is 609. The first-order valence-electron chi connectivity index (χ1n) is 6.17. The molecule has 4 heteroatoms. The van der Waals surface area contributed by atoms with E-state index >= 15 is 0 Å². The lowest BCUT2D eigenvalue weighted by Crippen LogP contribution is -2.09. The number of hydrogen-bond acceptors (Lipinski definition) is 3. The molecule has 0 unspecified atom stereocenters. The molecule has 0 aliphatic rings. The van der Waals surface area contributed by atoms with E-state index in [2.05, 4.69) is 4.74 Å². The molecule has 3 nitrogen and oxygen atoms in total. The second-order valence-corrected chi connectivity index (χ2v) is 4.34. The van der Waals surface area contributed by atoms with Crippen molar-refractivity contribution in [3.63, 3.8) is 0 Å². The molecule has 0 N–H and O–H groups in total. The maximum absolute atomic E-state index is 14.2. The van der Waals surface area contributed by atoms with E-state index in [1.165, 1.54) is 13.2 Å². The molecule has 0 fully saturated rings. The summed E-state index contributed by atoms with van der Waals surface area (Å²) in [7, 11) is 1.22. The SMILES string of the molecule is COC(=O)c1c(C)ccc(OCc2ccccc2)c1F. The molecule has 104 valence electrons. The first-order valence-corrected chi connectivity index (χ1v) is 6.17. The van der Waals surface area contributed by atoms with Gasteiger partial charge in [-0.3, -0.25) is 0 Å². The van der Waals surface area contributed by atoms with Crippen molar-refractivity contribution in [2.24, 2.45) is 0 Å². The van der Waals surface area contributed by atoms with Crippen LogP contribution in [0.25, 0.3) is 0 Å². The van der Waals surface area contributed by atoms with Gasteiger partial charge in [0.15, 0.2) is 11.6 Å². The Morgan fingerprint density at radius 2 is 1.85 bits per heavy atom. The fourth-order valence-corrected chi connectivity index (χ4v) is 1.85. The number of aryl methyl sites for hydroxylation is 1. The monoisotopic (exact) mass is 274 g/mol. The molecular formula is C16H15FO3. The van der Waals surface area contributed by atoms with Gasteiger partial charge in [-0.15, -0.1) is 0 Å². The molecule has 2 rings (SSSR count). The number of hydrogen-bond donors (Lipinski definition) is 0. The van der Waals surface area contributed by atoms with Gasteiger partial charge in [0.1, 0.15) is 12.2 Å². The lowest BCUT2D eigenvalue weighted by Gasteiger charge is -2.11. The number of esters is 1. The zero-order valence-corrected chi connectivity index (χ0v) is 11.4. The Morgan fingerprint density at radius 1 is 1.15 bits per heavy atom. The van der Waals surface area contributed by atoms with Crippen molar-refractivity contribution in [3.8, 4) is 5.75 Å². The van der Waals surface area contributed by atoms with Gasteiger partial charge in [0.25, 0.3) is 0 Å². The minimum Gasteiger partial charge on any atom is -0.486 e. The first-order chi connectivity index (χ1) is 9.63. The standard InChI is InChI=1S/C16H15FO3/c1-11-8-9-13(15(17)14(11)16(18)19-2)20-10-12-6-4-3-5-7-12/h3-9H,10H2,1-2H3. The maximum Gasteiger partial charge on any atom is 0.341 e. The summed E-state index contributed by atoms with van der Waals surface area (Å²) in [5.41, 5.74) is 1.35. The molecule has 0 aliphatic carbocycles. The number of carbonyl (C=O) groups excluding carboxylic acids is 1. The van der Waals surface area contributed by atoms with E-state index in [9.17, 15) is 9.18 Å². The molecule has 0 atom stereocenters. The molecule has 0 spiro atoms. The van der Waals surface area contributed by atoms with Crippen LogP contribution in [0.4, 0.5) is 4.39 Å². The van der Waals surface area contributed by atoms with E-state index in [0.29, 0.717) is 5.56 Å². The highest BCUT2D eigenvalue weighted by molar-refractivity contribution is 5.91. The van der Waals surface area contributed by atoms with E-state index in [1.807, 2.05) is 30.3 Å². The van der Waals surface area contributed by atoms with Crippen molar-refractivity contribution in [1.82, 2.24) is 0 Å². The van der Waals surface area contributed by atoms with Crippen molar-refractivity contribution < 1.29 is 18.7 Å². The molecule has 0 aliphatic heterocycles. The summed E-state index contributed by atoms with van der Waals surface area (Å²) >= 11 is 0. The Kier molecular flexibility index (Phi) is 4.35. The first kappa shape index (κ1) is 14.1. The molecular weight excluding hydrogens is 259 g/mol. The lowest BCUT2D eigenvalue weighted by atomic mass is 10.1. The van der Waals surface area contributed by atoms with Crippen LogP contribution < -0.4 is 4.74 Å². The second kappa shape index (κ2) is 6.19. The van der Waals surface area contributed by atoms with Crippen LogP contribution in [0.15, 0.2) is 42.5 Å². The molecule has 0 radical (unpaired) electrons. The molecule has 0 saturated carbocycles. The highest BCUT2D eigenvalue weighted by Crippen LogP contribution is 2.25. The molecule has 0 aromatic heterocycles. The third-order valence-electron chi connectivity index (χ3n) is 2.94. The Hall–Kier alpha value is -2.36. The molecule has 2 aromatic carbocycles. The van der Waals surface area contributed by atoms with Crippen LogP contribution >= 0.6 is 0 Å². The van der Waals surface area contributed by atoms with Gasteiger partial charge in [-0.2, -0.15) is 0 Å². The smallest absolute Gasteiger partial charge is 0.341 e. The van der Waals surface area contributed by atoms with Crippen molar-refractivity contribution in [2.45, 2.75) is 13.5 Å². The van der Waals surface area contributed by atoms with Crippen LogP contribution in [0.3, 0.4) is 0 Å². The molecule has 0 amide bonds. The summed E-state index contributed by atoms with van der Waals surface area (Å²) in [6.45, 7) is 1.89. The quantitative estimate of drug-likeness (QED) is 0.800. The third kappa shape index (κ3) is 2.96.